The van der Waals surface area contributed by atoms with Crippen molar-refractivity contribution in [1.29, 1.82) is 0 Å². The molecule has 2 aromatic carbocycles. The maximum Gasteiger partial charge on any atom is 0.269 e. The van der Waals surface area contributed by atoms with Crippen molar-refractivity contribution in [2.24, 2.45) is 0 Å². The lowest BCUT2D eigenvalue weighted by Crippen LogP contribution is -2.24. The van der Waals surface area contributed by atoms with Gasteiger partial charge in [-0.05, 0) is 55.0 Å². The first kappa shape index (κ1) is 22.7. The molecule has 4 rings (SSSR count). The minimum atomic E-state index is -0.282. The molecule has 8 heteroatoms. The van der Waals surface area contributed by atoms with Crippen LogP contribution in [-0.4, -0.2) is 35.9 Å². The predicted octanol–water partition coefficient (Wildman–Crippen LogP) is 4.03. The van der Waals surface area contributed by atoms with Gasteiger partial charge in [0, 0.05) is 48.6 Å². The Labute approximate surface area is 197 Å². The van der Waals surface area contributed by atoms with Gasteiger partial charge in [0.05, 0.1) is 12.6 Å². The first-order chi connectivity index (χ1) is 16.5. The van der Waals surface area contributed by atoms with Crippen molar-refractivity contribution in [3.05, 3.63) is 89.4 Å². The fraction of sp³-hybridized carbons (Fsp3) is 0.154. The molecule has 4 aromatic rings. The average Bonchev–Trinajstić information content (AvgIpc) is 2.88. The molecule has 2 amide bonds. The quantitative estimate of drug-likeness (QED) is 0.435. The Kier molecular flexibility index (Phi) is 6.68. The average molecular weight is 457 g/mol. The van der Waals surface area contributed by atoms with E-state index in [9.17, 15) is 9.59 Å². The zero-order chi connectivity index (χ0) is 24.1. The van der Waals surface area contributed by atoms with Crippen LogP contribution in [0.3, 0.4) is 0 Å². The van der Waals surface area contributed by atoms with Gasteiger partial charge in [0.15, 0.2) is 0 Å². The smallest absolute Gasteiger partial charge is 0.269 e. The molecule has 34 heavy (non-hydrogen) atoms. The third-order valence-corrected chi connectivity index (χ3v) is 5.40. The van der Waals surface area contributed by atoms with Gasteiger partial charge in [-0.1, -0.05) is 6.07 Å². The number of nitrogens with zero attached hydrogens (tertiary/aromatic N) is 2. The molecule has 0 aliphatic rings. The third-order valence-electron chi connectivity index (χ3n) is 5.40. The van der Waals surface area contributed by atoms with E-state index in [1.807, 2.05) is 31.2 Å². The number of amides is 2. The molecule has 8 nitrogen and oxygen atoms in total. The Morgan fingerprint density at radius 2 is 1.76 bits per heavy atom. The minimum Gasteiger partial charge on any atom is -0.497 e. The molecule has 0 atom stereocenters. The molecular weight excluding hydrogens is 432 g/mol. The van der Waals surface area contributed by atoms with Crippen LogP contribution in [0.25, 0.3) is 10.9 Å². The van der Waals surface area contributed by atoms with Crippen LogP contribution in [0.1, 0.15) is 32.0 Å². The fourth-order valence-corrected chi connectivity index (χ4v) is 3.52. The summed E-state index contributed by atoms with van der Waals surface area (Å²) >= 11 is 0. The number of ether oxygens (including phenoxy) is 2. The second-order valence-corrected chi connectivity index (χ2v) is 7.53. The molecule has 172 valence electrons. The van der Waals surface area contributed by atoms with Crippen molar-refractivity contribution in [1.82, 2.24) is 20.6 Å². The van der Waals surface area contributed by atoms with E-state index in [4.69, 9.17) is 9.47 Å². The van der Waals surface area contributed by atoms with Crippen LogP contribution in [0, 0.1) is 6.92 Å². The van der Waals surface area contributed by atoms with E-state index < -0.39 is 0 Å². The molecule has 0 saturated carbocycles. The van der Waals surface area contributed by atoms with Crippen LogP contribution < -0.4 is 20.1 Å². The molecule has 2 aromatic heterocycles. The van der Waals surface area contributed by atoms with Gasteiger partial charge in [0.25, 0.3) is 11.8 Å². The highest BCUT2D eigenvalue weighted by Gasteiger charge is 2.15. The molecule has 2 N–H and O–H groups in total. The van der Waals surface area contributed by atoms with Crippen molar-refractivity contribution >= 4 is 22.7 Å². The van der Waals surface area contributed by atoms with Crippen molar-refractivity contribution in [2.75, 3.05) is 14.2 Å². The number of carbonyl (C=O) groups excluding carboxylic acids is 2. The normalized spacial score (nSPS) is 10.6. The van der Waals surface area contributed by atoms with Gasteiger partial charge in [-0.2, -0.15) is 0 Å². The molecule has 0 saturated heterocycles. The summed E-state index contributed by atoms with van der Waals surface area (Å²) in [5.74, 6) is 1.39. The number of methoxy groups -OCH3 is 1. The Balaban J connectivity index is 1.53. The van der Waals surface area contributed by atoms with E-state index in [2.05, 4.69) is 20.6 Å². The summed E-state index contributed by atoms with van der Waals surface area (Å²) in [6, 6.07) is 16.1. The number of nitrogens with one attached hydrogen (secondary N) is 2. The van der Waals surface area contributed by atoms with E-state index in [-0.39, 0.29) is 18.4 Å². The summed E-state index contributed by atoms with van der Waals surface area (Å²) in [5, 5.41) is 6.27. The van der Waals surface area contributed by atoms with E-state index >= 15 is 0 Å². The number of benzene rings is 2. The molecule has 0 fully saturated rings. The standard InChI is InChI=1S/C26H24N4O4/c1-16-19(25(31)30-15-17-9-11-29-22(13-17)26(32)27-2)5-4-6-23(16)34-24-10-12-28-21-14-18(33-3)7-8-20(21)24/h4-14H,15H2,1-3H3,(H,27,32)(H,30,31). The van der Waals surface area contributed by atoms with Crippen LogP contribution in [0.5, 0.6) is 17.2 Å². The van der Waals surface area contributed by atoms with E-state index in [1.165, 1.54) is 0 Å². The first-order valence-electron chi connectivity index (χ1n) is 10.7. The van der Waals surface area contributed by atoms with E-state index in [0.717, 1.165) is 16.5 Å². The molecule has 0 spiro atoms. The number of carbonyl (C=O) groups is 2. The van der Waals surface area contributed by atoms with Gasteiger partial charge in [-0.3, -0.25) is 19.6 Å². The van der Waals surface area contributed by atoms with Gasteiger partial charge in [-0.15, -0.1) is 0 Å². The summed E-state index contributed by atoms with van der Waals surface area (Å²) < 4.78 is 11.5. The molecule has 0 aliphatic carbocycles. The Bertz CT molecular complexity index is 1370. The molecule has 0 bridgehead atoms. The van der Waals surface area contributed by atoms with Crippen LogP contribution in [0.15, 0.2) is 67.0 Å². The lowest BCUT2D eigenvalue weighted by atomic mass is 10.1. The van der Waals surface area contributed by atoms with Crippen molar-refractivity contribution in [3.63, 3.8) is 0 Å². The number of fused-ring (bicyclic) bond motifs is 1. The van der Waals surface area contributed by atoms with Gasteiger partial charge in [-0.25, -0.2) is 0 Å². The Morgan fingerprint density at radius 1 is 0.941 bits per heavy atom. The van der Waals surface area contributed by atoms with Crippen molar-refractivity contribution < 1.29 is 19.1 Å². The fourth-order valence-electron chi connectivity index (χ4n) is 3.52. The monoisotopic (exact) mass is 456 g/mol. The SMILES string of the molecule is CNC(=O)c1cc(CNC(=O)c2cccc(Oc3ccnc4cc(OC)ccc34)c2C)ccn1. The Morgan fingerprint density at radius 3 is 2.56 bits per heavy atom. The van der Waals surface area contributed by atoms with Gasteiger partial charge < -0.3 is 20.1 Å². The largest absolute Gasteiger partial charge is 0.497 e. The number of hydrogen-bond acceptors (Lipinski definition) is 6. The van der Waals surface area contributed by atoms with E-state index in [0.29, 0.717) is 34.1 Å². The first-order valence-corrected chi connectivity index (χ1v) is 10.7. The van der Waals surface area contributed by atoms with Crippen LogP contribution in [0.2, 0.25) is 0 Å². The molecule has 2 heterocycles. The van der Waals surface area contributed by atoms with Crippen molar-refractivity contribution in [3.8, 4) is 17.2 Å². The number of hydrogen-bond donors (Lipinski definition) is 2. The summed E-state index contributed by atoms with van der Waals surface area (Å²) in [6.07, 6.45) is 3.21. The zero-order valence-electron chi connectivity index (χ0n) is 19.1. The zero-order valence-corrected chi connectivity index (χ0v) is 19.1. The highest BCUT2D eigenvalue weighted by Crippen LogP contribution is 2.33. The maximum atomic E-state index is 12.9. The van der Waals surface area contributed by atoms with Crippen LogP contribution >= 0.6 is 0 Å². The lowest BCUT2D eigenvalue weighted by Gasteiger charge is -2.14. The number of aromatic nitrogens is 2. The summed E-state index contributed by atoms with van der Waals surface area (Å²) in [5.41, 5.74) is 3.02. The predicted molar refractivity (Wildman–Crippen MR) is 128 cm³/mol. The highest BCUT2D eigenvalue weighted by atomic mass is 16.5. The Hall–Kier alpha value is -4.46. The van der Waals surface area contributed by atoms with Crippen LogP contribution in [-0.2, 0) is 6.54 Å². The van der Waals surface area contributed by atoms with Crippen molar-refractivity contribution in [2.45, 2.75) is 13.5 Å². The second-order valence-electron chi connectivity index (χ2n) is 7.53. The number of rotatable bonds is 7. The minimum absolute atomic E-state index is 0.245. The van der Waals surface area contributed by atoms with E-state index in [1.54, 1.807) is 56.9 Å². The van der Waals surface area contributed by atoms with Gasteiger partial charge >= 0.3 is 0 Å². The summed E-state index contributed by atoms with van der Waals surface area (Å²) in [7, 11) is 3.15. The van der Waals surface area contributed by atoms with Gasteiger partial charge in [0.1, 0.15) is 22.9 Å². The third kappa shape index (κ3) is 4.80. The lowest BCUT2D eigenvalue weighted by molar-refractivity contribution is 0.0947. The maximum absolute atomic E-state index is 12.9. The molecule has 0 unspecified atom stereocenters. The topological polar surface area (TPSA) is 102 Å². The molecule has 0 aliphatic heterocycles. The summed E-state index contributed by atoms with van der Waals surface area (Å²) in [4.78, 5) is 33.1. The molecule has 0 radical (unpaired) electrons. The van der Waals surface area contributed by atoms with Crippen LogP contribution in [0.4, 0.5) is 0 Å². The molecular formula is C26H24N4O4. The summed E-state index contributed by atoms with van der Waals surface area (Å²) in [6.45, 7) is 2.10. The second kappa shape index (κ2) is 9.99. The van der Waals surface area contributed by atoms with Gasteiger partial charge in [0.2, 0.25) is 0 Å². The number of pyridine rings is 2. The highest BCUT2D eigenvalue weighted by molar-refractivity contribution is 5.96.